The second-order valence-electron chi connectivity index (χ2n) is 11.6. The zero-order chi connectivity index (χ0) is 29.9. The summed E-state index contributed by atoms with van der Waals surface area (Å²) in [6.07, 6.45) is 0.943. The van der Waals surface area contributed by atoms with Crippen molar-refractivity contribution in [1.29, 1.82) is 0 Å². The van der Waals surface area contributed by atoms with Crippen molar-refractivity contribution < 1.29 is 9.59 Å². The second-order valence-corrected chi connectivity index (χ2v) is 12.1. The Morgan fingerprint density at radius 2 is 1.74 bits per heavy atom. The molecular formula is C34H39ClN6O2. The van der Waals surface area contributed by atoms with Gasteiger partial charge >= 0.3 is 0 Å². The summed E-state index contributed by atoms with van der Waals surface area (Å²) in [4.78, 5) is 38.8. The van der Waals surface area contributed by atoms with Crippen LogP contribution in [-0.2, 0) is 16.1 Å². The van der Waals surface area contributed by atoms with E-state index in [4.69, 9.17) is 16.6 Å². The number of carbonyl (C=O) groups is 2. The maximum absolute atomic E-state index is 14.0. The number of fused-ring (bicyclic) bond motifs is 3. The van der Waals surface area contributed by atoms with Gasteiger partial charge in [-0.1, -0.05) is 60.1 Å². The molecule has 43 heavy (non-hydrogen) atoms. The minimum absolute atomic E-state index is 0.0463. The molecule has 1 saturated heterocycles. The van der Waals surface area contributed by atoms with Crippen LogP contribution < -0.4 is 10.2 Å². The fourth-order valence-corrected chi connectivity index (χ4v) is 6.57. The van der Waals surface area contributed by atoms with Crippen molar-refractivity contribution in [2.45, 2.75) is 45.3 Å². The van der Waals surface area contributed by atoms with E-state index in [2.05, 4.69) is 34.2 Å². The Bertz CT molecular complexity index is 1600. The predicted molar refractivity (Wildman–Crippen MR) is 171 cm³/mol. The number of amides is 2. The number of rotatable bonds is 9. The lowest BCUT2D eigenvalue weighted by molar-refractivity contribution is -0.142. The van der Waals surface area contributed by atoms with Crippen molar-refractivity contribution in [3.63, 3.8) is 0 Å². The molecule has 0 saturated carbocycles. The smallest absolute Gasteiger partial charge is 0.247 e. The number of benzene rings is 3. The molecule has 3 heterocycles. The highest BCUT2D eigenvalue weighted by Gasteiger charge is 2.40. The largest absolute Gasteiger partial charge is 0.369 e. The Hall–Kier alpha value is -3.88. The van der Waals surface area contributed by atoms with E-state index in [0.717, 1.165) is 66.6 Å². The molecule has 2 aliphatic heterocycles. The van der Waals surface area contributed by atoms with E-state index in [9.17, 15) is 9.59 Å². The molecule has 3 aromatic carbocycles. The minimum Gasteiger partial charge on any atom is -0.369 e. The molecule has 0 aliphatic carbocycles. The van der Waals surface area contributed by atoms with E-state index in [-0.39, 0.29) is 24.3 Å². The number of aromatic nitrogens is 2. The Morgan fingerprint density at radius 1 is 1.00 bits per heavy atom. The number of aryl methyl sites for hydroxylation is 1. The summed E-state index contributed by atoms with van der Waals surface area (Å²) in [6.45, 7) is 9.98. The van der Waals surface area contributed by atoms with E-state index in [1.54, 1.807) is 0 Å². The first-order valence-corrected chi connectivity index (χ1v) is 15.6. The standard InChI is InChI=1S/C34H39ClN6O2/c1-24-13-14-27(35)21-30(24)39-19-17-38(18-20-39)16-8-15-36-32(42)22-31-34(43)40(23-26-9-4-3-5-10-26)25(2)33-37-28-11-6-7-12-29(28)41(31)33/h3-7,9-14,21,25,31H,8,15-20,22-23H2,1-2H3,(H,36,42)/t25-,31+/m1/s1. The lowest BCUT2D eigenvalue weighted by atomic mass is 10.0. The number of piperazine rings is 1. The SMILES string of the molecule is Cc1ccc(Cl)cc1N1CCN(CCCNC(=O)C[C@H]2C(=O)N(Cc3ccccc3)[C@H](C)c3nc4ccccc4n32)CC1. The van der Waals surface area contributed by atoms with Crippen molar-refractivity contribution in [2.75, 3.05) is 44.2 Å². The number of carbonyl (C=O) groups excluding carboxylic acids is 2. The number of hydrogen-bond donors (Lipinski definition) is 1. The lowest BCUT2D eigenvalue weighted by Gasteiger charge is -2.38. The molecule has 2 aliphatic rings. The molecule has 9 heteroatoms. The summed E-state index contributed by atoms with van der Waals surface area (Å²) in [6, 6.07) is 23.1. The maximum Gasteiger partial charge on any atom is 0.247 e. The quantitative estimate of drug-likeness (QED) is 0.263. The first-order valence-electron chi connectivity index (χ1n) is 15.2. The van der Waals surface area contributed by atoms with Crippen molar-refractivity contribution in [3.05, 3.63) is 94.8 Å². The molecule has 6 rings (SSSR count). The van der Waals surface area contributed by atoms with Gasteiger partial charge in [0.05, 0.1) is 23.5 Å². The van der Waals surface area contributed by atoms with Crippen molar-refractivity contribution in [3.8, 4) is 0 Å². The molecule has 0 spiro atoms. The average molecular weight is 599 g/mol. The van der Waals surface area contributed by atoms with Crippen LogP contribution in [0.5, 0.6) is 0 Å². The highest BCUT2D eigenvalue weighted by atomic mass is 35.5. The number of hydrogen-bond acceptors (Lipinski definition) is 5. The normalized spacial score (nSPS) is 19.1. The monoisotopic (exact) mass is 598 g/mol. The minimum atomic E-state index is -0.634. The van der Waals surface area contributed by atoms with Crippen LogP contribution in [0.1, 0.15) is 48.8 Å². The van der Waals surface area contributed by atoms with E-state index in [1.165, 1.54) is 11.3 Å². The third-order valence-corrected chi connectivity index (χ3v) is 9.01. The molecule has 4 aromatic rings. The van der Waals surface area contributed by atoms with E-state index in [1.807, 2.05) is 77.1 Å². The van der Waals surface area contributed by atoms with Crippen LogP contribution >= 0.6 is 11.6 Å². The number of halogens is 1. The van der Waals surface area contributed by atoms with Crippen LogP contribution in [-0.4, -0.2) is 70.4 Å². The third kappa shape index (κ3) is 6.26. The molecule has 0 unspecified atom stereocenters. The molecule has 1 N–H and O–H groups in total. The fourth-order valence-electron chi connectivity index (χ4n) is 6.40. The Kier molecular flexibility index (Phi) is 8.68. The summed E-state index contributed by atoms with van der Waals surface area (Å²) >= 11 is 6.24. The topological polar surface area (TPSA) is 73.7 Å². The highest BCUT2D eigenvalue weighted by molar-refractivity contribution is 6.30. The van der Waals surface area contributed by atoms with Crippen LogP contribution in [0.4, 0.5) is 5.69 Å². The van der Waals surface area contributed by atoms with E-state index >= 15 is 0 Å². The van der Waals surface area contributed by atoms with Gasteiger partial charge in [0, 0.05) is 50.0 Å². The summed E-state index contributed by atoms with van der Waals surface area (Å²) in [5.41, 5.74) is 5.24. The third-order valence-electron chi connectivity index (χ3n) is 8.78. The molecule has 224 valence electrons. The van der Waals surface area contributed by atoms with Crippen LogP contribution in [0.2, 0.25) is 5.02 Å². The number of imidazole rings is 1. The summed E-state index contributed by atoms with van der Waals surface area (Å²) < 4.78 is 1.99. The van der Waals surface area contributed by atoms with Crippen LogP contribution in [0, 0.1) is 6.92 Å². The molecule has 2 atom stereocenters. The summed E-state index contributed by atoms with van der Waals surface area (Å²) in [5, 5.41) is 3.86. The average Bonchev–Trinajstić information content (AvgIpc) is 3.41. The van der Waals surface area contributed by atoms with Gasteiger partial charge in [-0.15, -0.1) is 0 Å². The Morgan fingerprint density at radius 3 is 2.53 bits per heavy atom. The molecule has 1 fully saturated rings. The van der Waals surface area contributed by atoms with Gasteiger partial charge in [0.15, 0.2) is 0 Å². The van der Waals surface area contributed by atoms with Gasteiger partial charge in [0.25, 0.3) is 0 Å². The Balaban J connectivity index is 1.06. The van der Waals surface area contributed by atoms with E-state index in [0.29, 0.717) is 13.1 Å². The zero-order valence-electron chi connectivity index (χ0n) is 24.9. The van der Waals surface area contributed by atoms with Crippen molar-refractivity contribution in [2.24, 2.45) is 0 Å². The first kappa shape index (κ1) is 29.2. The van der Waals surface area contributed by atoms with E-state index < -0.39 is 6.04 Å². The number of nitrogens with one attached hydrogen (secondary N) is 1. The molecule has 2 amide bonds. The summed E-state index contributed by atoms with van der Waals surface area (Å²) in [5.74, 6) is 0.661. The van der Waals surface area contributed by atoms with Crippen LogP contribution in [0.25, 0.3) is 11.0 Å². The first-order chi connectivity index (χ1) is 20.9. The molecular weight excluding hydrogens is 560 g/mol. The molecule has 0 bridgehead atoms. The van der Waals surface area contributed by atoms with Gasteiger partial charge < -0.3 is 19.7 Å². The maximum atomic E-state index is 14.0. The number of para-hydroxylation sites is 2. The molecule has 8 nitrogen and oxygen atoms in total. The van der Waals surface area contributed by atoms with Gasteiger partial charge in [-0.25, -0.2) is 4.98 Å². The summed E-state index contributed by atoms with van der Waals surface area (Å²) in [7, 11) is 0. The van der Waals surface area contributed by atoms with Gasteiger partial charge in [-0.05, 0) is 62.2 Å². The molecule has 0 radical (unpaired) electrons. The lowest BCUT2D eigenvalue weighted by Crippen LogP contribution is -2.47. The molecule has 1 aromatic heterocycles. The predicted octanol–water partition coefficient (Wildman–Crippen LogP) is 5.36. The highest BCUT2D eigenvalue weighted by Crippen LogP contribution is 2.37. The van der Waals surface area contributed by atoms with Gasteiger partial charge in [0.2, 0.25) is 11.8 Å². The zero-order valence-corrected chi connectivity index (χ0v) is 25.6. The van der Waals surface area contributed by atoms with Crippen molar-refractivity contribution in [1.82, 2.24) is 24.7 Å². The van der Waals surface area contributed by atoms with Gasteiger partial charge in [-0.3, -0.25) is 14.5 Å². The Labute approximate surface area is 258 Å². The number of anilines is 1. The number of nitrogens with zero attached hydrogens (tertiary/aromatic N) is 5. The van der Waals surface area contributed by atoms with Gasteiger partial charge in [-0.2, -0.15) is 0 Å². The van der Waals surface area contributed by atoms with Crippen LogP contribution in [0.15, 0.2) is 72.8 Å². The van der Waals surface area contributed by atoms with Gasteiger partial charge in [0.1, 0.15) is 11.9 Å². The van der Waals surface area contributed by atoms with Crippen molar-refractivity contribution >= 4 is 40.1 Å². The fraction of sp³-hybridized carbons (Fsp3) is 0.382. The van der Waals surface area contributed by atoms with Crippen LogP contribution in [0.3, 0.4) is 0 Å². The second kappa shape index (κ2) is 12.8.